The van der Waals surface area contributed by atoms with Crippen molar-refractivity contribution < 1.29 is 0 Å². The van der Waals surface area contributed by atoms with Gasteiger partial charge in [0, 0.05) is 10.9 Å². The number of hydrogen-bond acceptors (Lipinski definition) is 4. The minimum Gasteiger partial charge on any atom is -0.246 e. The third-order valence-corrected chi connectivity index (χ3v) is 2.84. The quantitative estimate of drug-likeness (QED) is 0.454. The second kappa shape index (κ2) is 2.98. The van der Waals surface area contributed by atoms with E-state index in [4.69, 9.17) is 0 Å². The molecule has 3 heterocycles. The zero-order valence-corrected chi connectivity index (χ0v) is 8.78. The van der Waals surface area contributed by atoms with Crippen LogP contribution in [0.4, 0.5) is 0 Å². The highest BCUT2D eigenvalue weighted by molar-refractivity contribution is 5.97. The second-order valence-corrected chi connectivity index (χ2v) is 3.85. The van der Waals surface area contributed by atoms with Gasteiger partial charge in [-0.3, -0.25) is 0 Å². The van der Waals surface area contributed by atoms with Crippen LogP contribution in [-0.2, 0) is 0 Å². The Morgan fingerprint density at radius 3 is 3.06 bits per heavy atom. The molecule has 0 spiro atoms. The molecule has 5 heteroatoms. The summed E-state index contributed by atoms with van der Waals surface area (Å²) in [4.78, 5) is 4.53. The fraction of sp³-hybridized carbons (Fsp3) is 0. The predicted molar refractivity (Wildman–Crippen MR) is 62.7 cm³/mol. The van der Waals surface area contributed by atoms with E-state index in [2.05, 4.69) is 26.3 Å². The molecule has 0 aliphatic carbocycles. The molecule has 0 saturated carbocycles. The first-order valence-electron chi connectivity index (χ1n) is 5.26. The molecule has 2 aliphatic heterocycles. The van der Waals surface area contributed by atoms with E-state index in [1.807, 2.05) is 24.3 Å². The Hall–Kier alpha value is -2.56. The van der Waals surface area contributed by atoms with Gasteiger partial charge < -0.3 is 0 Å². The fourth-order valence-electron chi connectivity index (χ4n) is 2.05. The number of rotatable bonds is 0. The van der Waals surface area contributed by atoms with E-state index in [9.17, 15) is 0 Å². The molecule has 0 unspecified atom stereocenters. The summed E-state index contributed by atoms with van der Waals surface area (Å²) < 4.78 is 1.64. The van der Waals surface area contributed by atoms with Crippen LogP contribution in [0.1, 0.15) is 0 Å². The molecule has 0 fully saturated rings. The zero-order valence-electron chi connectivity index (χ0n) is 8.78. The van der Waals surface area contributed by atoms with E-state index >= 15 is 0 Å². The summed E-state index contributed by atoms with van der Waals surface area (Å²) in [5.74, 6) is 0. The summed E-state index contributed by atoms with van der Waals surface area (Å²) in [7, 11) is 0. The van der Waals surface area contributed by atoms with Crippen LogP contribution in [0.5, 0.6) is 0 Å². The number of fused-ring (bicyclic) bond motifs is 4. The van der Waals surface area contributed by atoms with Crippen molar-refractivity contribution in [1.82, 2.24) is 24.8 Å². The Morgan fingerprint density at radius 1 is 1.12 bits per heavy atom. The Balaban J connectivity index is 2.25. The topological polar surface area (TPSA) is 56.0 Å². The molecule has 0 saturated heterocycles. The van der Waals surface area contributed by atoms with Gasteiger partial charge in [0.2, 0.25) is 0 Å². The maximum absolute atomic E-state index is 4.53. The monoisotopic (exact) mass is 221 g/mol. The molecule has 0 N–H and O–H groups in total. The van der Waals surface area contributed by atoms with Gasteiger partial charge in [0.25, 0.3) is 0 Å². The van der Waals surface area contributed by atoms with Crippen LogP contribution in [0.15, 0.2) is 42.9 Å². The molecule has 0 bridgehead atoms. The van der Waals surface area contributed by atoms with Crippen LogP contribution in [-0.4, -0.2) is 24.8 Å². The predicted octanol–water partition coefficient (Wildman–Crippen LogP) is 1.78. The molecule has 0 atom stereocenters. The lowest BCUT2D eigenvalue weighted by Gasteiger charge is -1.88. The first kappa shape index (κ1) is 8.58. The lowest BCUT2D eigenvalue weighted by atomic mass is 10.1. The van der Waals surface area contributed by atoms with Crippen LogP contribution < -0.4 is 0 Å². The maximum Gasteiger partial charge on any atom is 0.178 e. The van der Waals surface area contributed by atoms with Crippen molar-refractivity contribution in [2.75, 3.05) is 0 Å². The van der Waals surface area contributed by atoms with Gasteiger partial charge in [-0.25, -0.2) is 9.50 Å². The fourth-order valence-corrected chi connectivity index (χ4v) is 2.05. The third kappa shape index (κ3) is 1.13. The molecule has 5 nitrogen and oxygen atoms in total. The highest BCUT2D eigenvalue weighted by Gasteiger charge is 2.11. The van der Waals surface area contributed by atoms with Crippen molar-refractivity contribution in [1.29, 1.82) is 0 Å². The number of nitrogens with zero attached hydrogens (tertiary/aromatic N) is 5. The molecule has 0 amide bonds. The van der Waals surface area contributed by atoms with Crippen LogP contribution in [0.25, 0.3) is 27.8 Å². The Bertz CT molecular complexity index is 804. The van der Waals surface area contributed by atoms with Crippen molar-refractivity contribution in [2.24, 2.45) is 0 Å². The van der Waals surface area contributed by atoms with Gasteiger partial charge in [-0.05, 0) is 12.1 Å². The van der Waals surface area contributed by atoms with E-state index in [0.717, 1.165) is 27.8 Å². The van der Waals surface area contributed by atoms with E-state index in [0.29, 0.717) is 0 Å². The summed E-state index contributed by atoms with van der Waals surface area (Å²) in [6.07, 6.45) is 3.32. The van der Waals surface area contributed by atoms with E-state index in [1.165, 1.54) is 0 Å². The Labute approximate surface area is 96.1 Å². The van der Waals surface area contributed by atoms with Crippen molar-refractivity contribution >= 4 is 16.6 Å². The zero-order chi connectivity index (χ0) is 11.2. The van der Waals surface area contributed by atoms with Gasteiger partial charge in [0.15, 0.2) is 5.65 Å². The average molecular weight is 221 g/mol. The van der Waals surface area contributed by atoms with Gasteiger partial charge >= 0.3 is 0 Å². The largest absolute Gasteiger partial charge is 0.246 e. The van der Waals surface area contributed by atoms with Gasteiger partial charge in [0.05, 0.1) is 17.4 Å². The van der Waals surface area contributed by atoms with Gasteiger partial charge in [-0.1, -0.05) is 18.2 Å². The van der Waals surface area contributed by atoms with Crippen LogP contribution in [0, 0.1) is 0 Å². The van der Waals surface area contributed by atoms with Gasteiger partial charge in [-0.15, -0.1) is 10.2 Å². The molecule has 0 radical (unpaired) electrons. The second-order valence-electron chi connectivity index (χ2n) is 3.85. The van der Waals surface area contributed by atoms with Crippen molar-refractivity contribution in [3.05, 3.63) is 42.9 Å². The van der Waals surface area contributed by atoms with Crippen LogP contribution in [0.2, 0.25) is 0 Å². The highest BCUT2D eigenvalue weighted by Crippen LogP contribution is 2.29. The lowest BCUT2D eigenvalue weighted by Crippen LogP contribution is -1.81. The Kier molecular flexibility index (Phi) is 1.50. The maximum atomic E-state index is 4.53. The SMILES string of the molecule is c1ccc2c3cc4nncn4ncc-3nc2c1. The summed E-state index contributed by atoms with van der Waals surface area (Å²) in [5, 5.41) is 13.2. The first-order valence-corrected chi connectivity index (χ1v) is 5.26. The summed E-state index contributed by atoms with van der Waals surface area (Å²) >= 11 is 0. The van der Waals surface area contributed by atoms with E-state index in [-0.39, 0.29) is 0 Å². The molecule has 4 rings (SSSR count). The highest BCUT2D eigenvalue weighted by atomic mass is 15.3. The molecular weight excluding hydrogens is 214 g/mol. The minimum absolute atomic E-state index is 0.721. The number of para-hydroxylation sites is 1. The first-order chi connectivity index (χ1) is 8.42. The molecule has 2 aliphatic rings. The van der Waals surface area contributed by atoms with Gasteiger partial charge in [-0.2, -0.15) is 5.10 Å². The summed E-state index contributed by atoms with van der Waals surface area (Å²) in [6.45, 7) is 0. The number of hydrogen-bond donors (Lipinski definition) is 0. The molecule has 17 heavy (non-hydrogen) atoms. The summed E-state index contributed by atoms with van der Waals surface area (Å²) in [6, 6.07) is 10.00. The summed E-state index contributed by atoms with van der Waals surface area (Å²) in [5.41, 5.74) is 3.62. The molecule has 1 aromatic heterocycles. The number of aromatic nitrogens is 5. The van der Waals surface area contributed by atoms with Crippen LogP contribution >= 0.6 is 0 Å². The smallest absolute Gasteiger partial charge is 0.178 e. The van der Waals surface area contributed by atoms with Crippen molar-refractivity contribution in [3.8, 4) is 11.3 Å². The molecule has 80 valence electrons. The minimum atomic E-state index is 0.721. The lowest BCUT2D eigenvalue weighted by molar-refractivity contribution is 0.936. The normalized spacial score (nSPS) is 11.5. The van der Waals surface area contributed by atoms with Crippen LogP contribution in [0.3, 0.4) is 0 Å². The van der Waals surface area contributed by atoms with E-state index in [1.54, 1.807) is 17.0 Å². The van der Waals surface area contributed by atoms with Crippen molar-refractivity contribution in [3.63, 3.8) is 0 Å². The number of benzene rings is 1. The van der Waals surface area contributed by atoms with Gasteiger partial charge in [0.1, 0.15) is 6.33 Å². The molecule has 2 aromatic rings. The standard InChI is InChI=1S/C12H7N5/c1-2-4-10-8(3-1)9-5-12-16-13-7-17(12)14-6-11(9)15-10/h1-7H. The molecule has 1 aromatic carbocycles. The third-order valence-electron chi connectivity index (χ3n) is 2.84. The van der Waals surface area contributed by atoms with Crippen molar-refractivity contribution in [2.45, 2.75) is 0 Å². The Morgan fingerprint density at radius 2 is 2.06 bits per heavy atom. The molecular formula is C12H7N5. The van der Waals surface area contributed by atoms with E-state index < -0.39 is 0 Å². The average Bonchev–Trinajstić information content (AvgIpc) is 2.90.